The van der Waals surface area contributed by atoms with Crippen molar-refractivity contribution < 1.29 is 8.83 Å². The molecule has 0 saturated carbocycles. The lowest BCUT2D eigenvalue weighted by Gasteiger charge is -1.96. The molecule has 94 valence electrons. The summed E-state index contributed by atoms with van der Waals surface area (Å²) in [5.41, 5.74) is 0.231. The van der Waals surface area contributed by atoms with Crippen LogP contribution in [0, 0.1) is 6.92 Å². The minimum absolute atomic E-state index is 0.262. The van der Waals surface area contributed by atoms with Gasteiger partial charge in [0.05, 0.1) is 5.39 Å². The maximum absolute atomic E-state index is 11.8. The molecule has 0 N–H and O–H groups in total. The highest BCUT2D eigenvalue weighted by molar-refractivity contribution is 5.76. The van der Waals surface area contributed by atoms with Crippen LogP contribution < -0.4 is 5.56 Å². The Morgan fingerprint density at radius 1 is 1.05 bits per heavy atom. The van der Waals surface area contributed by atoms with E-state index < -0.39 is 0 Å². The molecule has 0 aliphatic rings. The van der Waals surface area contributed by atoms with Crippen molar-refractivity contribution in [3.8, 4) is 0 Å². The maximum Gasteiger partial charge on any atom is 0.284 e. The van der Waals surface area contributed by atoms with Crippen molar-refractivity contribution in [3.63, 3.8) is 0 Å². The van der Waals surface area contributed by atoms with Crippen LogP contribution in [0.4, 0.5) is 0 Å². The summed E-state index contributed by atoms with van der Waals surface area (Å²) < 4.78 is 10.9. The van der Waals surface area contributed by atoms with Crippen LogP contribution in [0.5, 0.6) is 0 Å². The third-order valence-electron chi connectivity index (χ3n) is 2.70. The van der Waals surface area contributed by atoms with Crippen LogP contribution in [0.3, 0.4) is 0 Å². The van der Waals surface area contributed by atoms with E-state index in [1.165, 1.54) is 0 Å². The number of nitrogens with zero attached hydrogens (tertiary/aromatic N) is 1. The smallest absolute Gasteiger partial charge is 0.284 e. The van der Waals surface area contributed by atoms with E-state index in [1.807, 2.05) is 25.1 Å². The average molecular weight is 253 g/mol. The molecule has 2 heterocycles. The summed E-state index contributed by atoms with van der Waals surface area (Å²) in [5.74, 6) is 1.78. The molecule has 0 aliphatic carbocycles. The Labute approximate surface area is 109 Å². The van der Waals surface area contributed by atoms with Gasteiger partial charge in [0.2, 0.25) is 5.89 Å². The van der Waals surface area contributed by atoms with Crippen LogP contribution in [0.15, 0.2) is 50.0 Å². The predicted molar refractivity (Wildman–Crippen MR) is 72.7 cm³/mol. The highest BCUT2D eigenvalue weighted by atomic mass is 16.3. The normalized spacial score (nSPS) is 11.4. The number of hydrogen-bond donors (Lipinski definition) is 0. The quantitative estimate of drug-likeness (QED) is 0.703. The maximum atomic E-state index is 11.8. The molecule has 1 aromatic carbocycles. The highest BCUT2D eigenvalue weighted by Crippen LogP contribution is 2.13. The summed E-state index contributed by atoms with van der Waals surface area (Å²) in [5, 5.41) is 0.480. The van der Waals surface area contributed by atoms with E-state index >= 15 is 0 Å². The van der Waals surface area contributed by atoms with Crippen LogP contribution in [0.25, 0.3) is 23.1 Å². The van der Waals surface area contributed by atoms with Crippen LogP contribution in [-0.2, 0) is 0 Å². The van der Waals surface area contributed by atoms with Crippen LogP contribution in [0.2, 0.25) is 0 Å². The summed E-state index contributed by atoms with van der Waals surface area (Å²) in [7, 11) is 0. The second-order valence-corrected chi connectivity index (χ2v) is 4.14. The number of rotatable bonds is 2. The molecule has 3 rings (SSSR count). The van der Waals surface area contributed by atoms with E-state index in [-0.39, 0.29) is 11.4 Å². The zero-order chi connectivity index (χ0) is 13.2. The Morgan fingerprint density at radius 2 is 1.89 bits per heavy atom. The molecule has 0 unspecified atom stereocenters. The molecule has 0 amide bonds. The Balaban J connectivity index is 2.02. The lowest BCUT2D eigenvalue weighted by atomic mass is 10.2. The number of furan rings is 1. The first kappa shape index (κ1) is 11.5. The zero-order valence-electron chi connectivity index (χ0n) is 10.3. The first-order chi connectivity index (χ1) is 9.22. The molecule has 0 bridgehead atoms. The van der Waals surface area contributed by atoms with Crippen molar-refractivity contribution in [2.45, 2.75) is 6.92 Å². The van der Waals surface area contributed by atoms with Gasteiger partial charge in [-0.25, -0.2) is 0 Å². The first-order valence-corrected chi connectivity index (χ1v) is 5.87. The minimum atomic E-state index is -0.294. The molecule has 0 aliphatic heterocycles. The van der Waals surface area contributed by atoms with Gasteiger partial charge in [-0.05, 0) is 37.3 Å². The van der Waals surface area contributed by atoms with Crippen LogP contribution in [-0.4, -0.2) is 4.98 Å². The monoisotopic (exact) mass is 253 g/mol. The molecule has 3 aromatic rings. The van der Waals surface area contributed by atoms with Crippen LogP contribution in [0.1, 0.15) is 17.4 Å². The number of benzene rings is 1. The Kier molecular flexibility index (Phi) is 2.76. The van der Waals surface area contributed by atoms with Gasteiger partial charge >= 0.3 is 0 Å². The second kappa shape index (κ2) is 4.57. The van der Waals surface area contributed by atoms with Crippen molar-refractivity contribution >= 4 is 23.1 Å². The summed E-state index contributed by atoms with van der Waals surface area (Å²) in [6, 6.07) is 10.7. The third-order valence-corrected chi connectivity index (χ3v) is 2.70. The van der Waals surface area contributed by atoms with Gasteiger partial charge in [-0.2, -0.15) is 4.98 Å². The standard InChI is InChI=1S/C15H11NO3/c1-10-6-7-11(18-10)8-9-14-16-15(17)12-4-2-3-5-13(12)19-14/h2-9H,1H3/b9-8+. The van der Waals surface area contributed by atoms with Gasteiger partial charge in [-0.3, -0.25) is 4.79 Å². The van der Waals surface area contributed by atoms with E-state index in [4.69, 9.17) is 8.83 Å². The molecule has 0 saturated heterocycles. The number of para-hydroxylation sites is 1. The lowest BCUT2D eigenvalue weighted by Crippen LogP contribution is -2.06. The number of aromatic nitrogens is 1. The lowest BCUT2D eigenvalue weighted by molar-refractivity contribution is 0.524. The molecule has 2 aromatic heterocycles. The molecule has 0 atom stereocenters. The van der Waals surface area contributed by atoms with E-state index in [0.29, 0.717) is 16.7 Å². The topological polar surface area (TPSA) is 56.2 Å². The average Bonchev–Trinajstić information content (AvgIpc) is 2.82. The Hall–Kier alpha value is -2.62. The van der Waals surface area contributed by atoms with Crippen molar-refractivity contribution in [1.82, 2.24) is 4.98 Å². The summed E-state index contributed by atoms with van der Waals surface area (Å²) in [6.07, 6.45) is 3.33. The van der Waals surface area contributed by atoms with E-state index in [2.05, 4.69) is 4.98 Å². The molecule has 4 heteroatoms. The molecule has 0 fully saturated rings. The predicted octanol–water partition coefficient (Wildman–Crippen LogP) is 3.26. The fraction of sp³-hybridized carbons (Fsp3) is 0.0667. The highest BCUT2D eigenvalue weighted by Gasteiger charge is 2.03. The molecular formula is C15H11NO3. The summed E-state index contributed by atoms with van der Waals surface area (Å²) in [4.78, 5) is 15.7. The third kappa shape index (κ3) is 2.33. The van der Waals surface area contributed by atoms with Gasteiger partial charge in [-0.1, -0.05) is 12.1 Å². The van der Waals surface area contributed by atoms with Crippen molar-refractivity contribution in [2.75, 3.05) is 0 Å². The summed E-state index contributed by atoms with van der Waals surface area (Å²) in [6.45, 7) is 1.87. The van der Waals surface area contributed by atoms with Gasteiger partial charge in [0, 0.05) is 6.08 Å². The SMILES string of the molecule is Cc1ccc(/C=C/c2nc(=O)c3ccccc3o2)o1. The number of fused-ring (bicyclic) bond motifs is 1. The molecule has 0 spiro atoms. The van der Waals surface area contributed by atoms with Crippen LogP contribution >= 0.6 is 0 Å². The van der Waals surface area contributed by atoms with E-state index in [1.54, 1.807) is 30.4 Å². The number of aryl methyl sites for hydroxylation is 1. The van der Waals surface area contributed by atoms with Gasteiger partial charge < -0.3 is 8.83 Å². The van der Waals surface area contributed by atoms with E-state index in [0.717, 1.165) is 5.76 Å². The second-order valence-electron chi connectivity index (χ2n) is 4.14. The molecule has 4 nitrogen and oxygen atoms in total. The van der Waals surface area contributed by atoms with Gasteiger partial charge in [0.1, 0.15) is 17.1 Å². The summed E-state index contributed by atoms with van der Waals surface area (Å²) >= 11 is 0. The fourth-order valence-corrected chi connectivity index (χ4v) is 1.80. The molecule has 19 heavy (non-hydrogen) atoms. The zero-order valence-corrected chi connectivity index (χ0v) is 10.3. The Morgan fingerprint density at radius 3 is 2.68 bits per heavy atom. The van der Waals surface area contributed by atoms with Gasteiger partial charge in [0.25, 0.3) is 5.56 Å². The Bertz CT molecular complexity index is 811. The largest absolute Gasteiger partial charge is 0.462 e. The molecular weight excluding hydrogens is 242 g/mol. The van der Waals surface area contributed by atoms with Gasteiger partial charge in [-0.15, -0.1) is 0 Å². The fourth-order valence-electron chi connectivity index (χ4n) is 1.80. The molecule has 0 radical (unpaired) electrons. The number of hydrogen-bond acceptors (Lipinski definition) is 4. The van der Waals surface area contributed by atoms with Gasteiger partial charge in [0.15, 0.2) is 0 Å². The van der Waals surface area contributed by atoms with Crippen molar-refractivity contribution in [1.29, 1.82) is 0 Å². The first-order valence-electron chi connectivity index (χ1n) is 5.87. The minimum Gasteiger partial charge on any atom is -0.462 e. The van der Waals surface area contributed by atoms with Crippen molar-refractivity contribution in [2.24, 2.45) is 0 Å². The van der Waals surface area contributed by atoms with Crippen molar-refractivity contribution in [3.05, 3.63) is 64.2 Å². The van der Waals surface area contributed by atoms with E-state index in [9.17, 15) is 4.79 Å².